The van der Waals surface area contributed by atoms with Crippen molar-refractivity contribution in [1.29, 1.82) is 0 Å². The fraction of sp³-hybridized carbons (Fsp3) is 0.333. The lowest BCUT2D eigenvalue weighted by atomic mass is 10.0. The summed E-state index contributed by atoms with van der Waals surface area (Å²) in [7, 11) is 0. The van der Waals surface area contributed by atoms with Gasteiger partial charge in [0.1, 0.15) is 42.7 Å². The Hall–Kier alpha value is -5.12. The topological polar surface area (TPSA) is 216 Å². The van der Waals surface area contributed by atoms with Gasteiger partial charge in [-0.05, 0) is 18.1 Å². The fourth-order valence-electron chi connectivity index (χ4n) is 5.00. The number of nitrogens with one attached hydrogen (secondary N) is 3. The van der Waals surface area contributed by atoms with Crippen LogP contribution in [0.4, 0.5) is 10.6 Å². The molecule has 0 saturated carbocycles. The molecule has 1 aliphatic heterocycles. The van der Waals surface area contributed by atoms with Gasteiger partial charge in [-0.1, -0.05) is 60.7 Å². The van der Waals surface area contributed by atoms with Gasteiger partial charge in [-0.15, -0.1) is 0 Å². The lowest BCUT2D eigenvalue weighted by Crippen LogP contribution is -2.57. The molecular weight excluding hydrogens is 584 g/mol. The monoisotopic (exact) mass is 618 g/mol. The number of anilines is 1. The number of amides is 3. The summed E-state index contributed by atoms with van der Waals surface area (Å²) in [5, 5.41) is 29.0. The van der Waals surface area contributed by atoms with Crippen LogP contribution < -0.4 is 21.7 Å². The highest BCUT2D eigenvalue weighted by Crippen LogP contribution is 2.32. The summed E-state index contributed by atoms with van der Waals surface area (Å²) in [6.45, 7) is 0.952. The molecule has 3 heterocycles. The minimum absolute atomic E-state index is 0.0131. The lowest BCUT2D eigenvalue weighted by molar-refractivity contribution is -0.130. The Balaban J connectivity index is 1.23. The van der Waals surface area contributed by atoms with Crippen LogP contribution in [0.25, 0.3) is 11.2 Å². The molecule has 0 bridgehead atoms. The smallest absolute Gasteiger partial charge is 0.408 e. The van der Waals surface area contributed by atoms with Gasteiger partial charge in [-0.2, -0.15) is 0 Å². The summed E-state index contributed by atoms with van der Waals surface area (Å²) < 4.78 is 12.6. The standard InChI is InChI=1S/C30H34N8O7/c1-17(27(41)37-22-21(13-39)45-29(24(22)40)38-16-34-23-25(31)32-15-33-26(23)38)35-28(42)20(12-18-8-4-2-5-9-18)36-30(43)44-14-19-10-6-3-7-11-19/h2-11,15-17,20-22,24,29,39-40H,12-14H2,1H3,(H,35,42)(H,36,43)(H,37,41)(H2,31,32,33)/t17-,20+,21-,22+,24+,29-/m0/s1. The number of ether oxygens (including phenoxy) is 2. The fourth-order valence-corrected chi connectivity index (χ4v) is 5.00. The zero-order valence-corrected chi connectivity index (χ0v) is 24.3. The second-order valence-electron chi connectivity index (χ2n) is 10.5. The summed E-state index contributed by atoms with van der Waals surface area (Å²) in [4.78, 5) is 51.4. The SMILES string of the molecule is C[C@H](NC(=O)[C@@H](Cc1ccccc1)NC(=O)OCc1ccccc1)C(=O)N[C@H]1[C@@H](O)[C@@H](n2cnc3c(N)ncnc32)O[C@H]1CO. The van der Waals surface area contributed by atoms with Crippen LogP contribution in [-0.4, -0.2) is 84.6 Å². The summed E-state index contributed by atoms with van der Waals surface area (Å²) in [6, 6.07) is 15.0. The zero-order chi connectivity index (χ0) is 31.9. The number of alkyl carbamates (subject to hydrolysis) is 1. The molecule has 1 saturated heterocycles. The minimum atomic E-state index is -1.32. The van der Waals surface area contributed by atoms with E-state index in [0.29, 0.717) is 11.2 Å². The van der Waals surface area contributed by atoms with Gasteiger partial charge >= 0.3 is 6.09 Å². The zero-order valence-electron chi connectivity index (χ0n) is 24.3. The number of hydrogen-bond acceptors (Lipinski definition) is 11. The van der Waals surface area contributed by atoms with E-state index in [-0.39, 0.29) is 18.8 Å². The van der Waals surface area contributed by atoms with E-state index in [0.717, 1.165) is 11.1 Å². The van der Waals surface area contributed by atoms with Crippen LogP contribution in [0.15, 0.2) is 73.3 Å². The van der Waals surface area contributed by atoms with Crippen LogP contribution in [0.5, 0.6) is 0 Å². The second-order valence-corrected chi connectivity index (χ2v) is 10.5. The van der Waals surface area contributed by atoms with Crippen LogP contribution >= 0.6 is 0 Å². The predicted octanol–water partition coefficient (Wildman–Crippen LogP) is 0.186. The van der Waals surface area contributed by atoms with Crippen LogP contribution in [0.1, 0.15) is 24.3 Å². The van der Waals surface area contributed by atoms with Crippen molar-refractivity contribution in [2.45, 2.75) is 56.5 Å². The molecule has 15 nitrogen and oxygen atoms in total. The third kappa shape index (κ3) is 7.34. The van der Waals surface area contributed by atoms with Gasteiger partial charge in [0, 0.05) is 6.42 Å². The normalized spacial score (nSPS) is 20.7. The van der Waals surface area contributed by atoms with Crippen molar-refractivity contribution in [1.82, 2.24) is 35.5 Å². The Kier molecular flexibility index (Phi) is 9.82. The van der Waals surface area contributed by atoms with E-state index in [1.165, 1.54) is 24.1 Å². The number of aliphatic hydroxyl groups is 2. The number of aliphatic hydroxyl groups excluding tert-OH is 2. The number of aromatic nitrogens is 4. The van der Waals surface area contributed by atoms with Crippen LogP contribution in [0.2, 0.25) is 0 Å². The maximum atomic E-state index is 13.3. The third-order valence-electron chi connectivity index (χ3n) is 7.38. The predicted molar refractivity (Wildman–Crippen MR) is 160 cm³/mol. The summed E-state index contributed by atoms with van der Waals surface area (Å²) in [5.74, 6) is -1.13. The molecule has 1 aliphatic rings. The van der Waals surface area contributed by atoms with E-state index in [1.54, 1.807) is 12.1 Å². The maximum absolute atomic E-state index is 13.3. The third-order valence-corrected chi connectivity index (χ3v) is 7.38. The number of fused-ring (bicyclic) bond motifs is 1. The van der Waals surface area contributed by atoms with E-state index in [2.05, 4.69) is 30.9 Å². The van der Waals surface area contributed by atoms with Gasteiger partial charge in [0.05, 0.1) is 19.0 Å². The van der Waals surface area contributed by atoms with E-state index < -0.39 is 61.1 Å². The molecule has 3 amide bonds. The number of hydrogen-bond donors (Lipinski definition) is 6. The Morgan fingerprint density at radius 3 is 2.38 bits per heavy atom. The summed E-state index contributed by atoms with van der Waals surface area (Å²) in [6.07, 6.45) is -1.41. The van der Waals surface area contributed by atoms with Crippen molar-refractivity contribution in [3.63, 3.8) is 0 Å². The lowest BCUT2D eigenvalue weighted by Gasteiger charge is -2.24. The number of nitrogens with zero attached hydrogens (tertiary/aromatic N) is 4. The van der Waals surface area contributed by atoms with E-state index in [9.17, 15) is 24.6 Å². The summed E-state index contributed by atoms with van der Waals surface area (Å²) in [5.41, 5.74) is 8.03. The maximum Gasteiger partial charge on any atom is 0.408 e. The van der Waals surface area contributed by atoms with Gasteiger partial charge in [0.2, 0.25) is 11.8 Å². The van der Waals surface area contributed by atoms with Crippen molar-refractivity contribution in [3.8, 4) is 0 Å². The first kappa shape index (κ1) is 31.3. The van der Waals surface area contributed by atoms with Crippen molar-refractivity contribution in [2.24, 2.45) is 0 Å². The number of imidazole rings is 1. The highest BCUT2D eigenvalue weighted by atomic mass is 16.6. The van der Waals surface area contributed by atoms with Crippen LogP contribution in [0.3, 0.4) is 0 Å². The van der Waals surface area contributed by atoms with Gasteiger partial charge < -0.3 is 41.4 Å². The molecule has 45 heavy (non-hydrogen) atoms. The summed E-state index contributed by atoms with van der Waals surface area (Å²) >= 11 is 0. The highest BCUT2D eigenvalue weighted by molar-refractivity contribution is 5.91. The number of nitrogens with two attached hydrogens (primary N) is 1. The van der Waals surface area contributed by atoms with Crippen molar-refractivity contribution < 1.29 is 34.1 Å². The van der Waals surface area contributed by atoms with Crippen molar-refractivity contribution >= 4 is 34.9 Å². The van der Waals surface area contributed by atoms with Crippen molar-refractivity contribution in [2.75, 3.05) is 12.3 Å². The molecule has 2 aromatic carbocycles. The molecule has 0 radical (unpaired) electrons. The van der Waals surface area contributed by atoms with Crippen molar-refractivity contribution in [3.05, 3.63) is 84.4 Å². The Morgan fingerprint density at radius 2 is 1.69 bits per heavy atom. The number of rotatable bonds is 11. The van der Waals surface area contributed by atoms with Gasteiger partial charge in [0.25, 0.3) is 0 Å². The van der Waals surface area contributed by atoms with Gasteiger partial charge in [-0.25, -0.2) is 19.7 Å². The molecule has 1 fully saturated rings. The molecule has 0 unspecified atom stereocenters. The van der Waals surface area contributed by atoms with E-state index in [4.69, 9.17) is 15.2 Å². The van der Waals surface area contributed by atoms with Gasteiger partial charge in [0.15, 0.2) is 17.7 Å². The van der Waals surface area contributed by atoms with Crippen LogP contribution in [-0.2, 0) is 32.1 Å². The molecular formula is C30H34N8O7. The molecule has 236 valence electrons. The average molecular weight is 619 g/mol. The molecule has 7 N–H and O–H groups in total. The number of carbonyl (C=O) groups is 3. The number of carbonyl (C=O) groups excluding carboxylic acids is 3. The molecule has 0 spiro atoms. The Labute approximate surface area is 257 Å². The average Bonchev–Trinajstić information content (AvgIpc) is 3.61. The first-order valence-electron chi connectivity index (χ1n) is 14.2. The molecule has 4 aromatic rings. The van der Waals surface area contributed by atoms with E-state index >= 15 is 0 Å². The van der Waals surface area contributed by atoms with Crippen LogP contribution in [0, 0.1) is 0 Å². The first-order chi connectivity index (χ1) is 21.7. The molecule has 15 heteroatoms. The Bertz CT molecular complexity index is 1620. The highest BCUT2D eigenvalue weighted by Gasteiger charge is 2.46. The molecule has 2 aromatic heterocycles. The second kappa shape index (κ2) is 14.1. The first-order valence-corrected chi connectivity index (χ1v) is 14.2. The molecule has 0 aliphatic carbocycles. The van der Waals surface area contributed by atoms with E-state index in [1.807, 2.05) is 48.5 Å². The Morgan fingerprint density at radius 1 is 1.00 bits per heavy atom. The quantitative estimate of drug-likeness (QED) is 0.133. The largest absolute Gasteiger partial charge is 0.445 e. The number of nitrogen functional groups attached to an aromatic ring is 1. The minimum Gasteiger partial charge on any atom is -0.445 e. The molecule has 6 atom stereocenters. The van der Waals surface area contributed by atoms with Gasteiger partial charge in [-0.3, -0.25) is 14.2 Å². The number of benzene rings is 2. The molecule has 5 rings (SSSR count).